The van der Waals surface area contributed by atoms with Crippen molar-refractivity contribution in [3.63, 3.8) is 0 Å². The van der Waals surface area contributed by atoms with Gasteiger partial charge in [-0.25, -0.2) is 9.18 Å². The lowest BCUT2D eigenvalue weighted by Gasteiger charge is -2.14. The lowest BCUT2D eigenvalue weighted by Crippen LogP contribution is -2.14. The molecule has 3 aromatic carbocycles. The fourth-order valence-electron chi connectivity index (χ4n) is 2.93. The summed E-state index contributed by atoms with van der Waals surface area (Å²) >= 11 is 6.36. The molecule has 0 spiro atoms. The number of nitrogens with zero attached hydrogens (tertiary/aromatic N) is 1. The molecule has 172 valence electrons. The number of carboxylic acids is 1. The largest absolute Gasteiger partial charge is 0.493 e. The first kappa shape index (κ1) is 24.3. The van der Waals surface area contributed by atoms with Crippen molar-refractivity contribution >= 4 is 35.2 Å². The zero-order chi connectivity index (χ0) is 24.7. The van der Waals surface area contributed by atoms with E-state index in [9.17, 15) is 19.2 Å². The summed E-state index contributed by atoms with van der Waals surface area (Å²) in [6.45, 7) is 0.0969. The molecule has 7 nitrogen and oxygen atoms in total. The molecule has 0 bridgehead atoms. The van der Waals surface area contributed by atoms with Crippen LogP contribution in [0.3, 0.4) is 0 Å². The van der Waals surface area contributed by atoms with Crippen molar-refractivity contribution in [2.24, 2.45) is 0 Å². The van der Waals surface area contributed by atoms with Crippen LogP contribution in [0.15, 0.2) is 66.2 Å². The number of amides is 1. The van der Waals surface area contributed by atoms with E-state index in [1.165, 1.54) is 55.7 Å². The van der Waals surface area contributed by atoms with E-state index in [1.54, 1.807) is 24.3 Å². The van der Waals surface area contributed by atoms with E-state index in [0.717, 1.165) is 0 Å². The summed E-state index contributed by atoms with van der Waals surface area (Å²) in [5, 5.41) is 20.9. The molecule has 9 heteroatoms. The first-order valence-electron chi connectivity index (χ1n) is 9.82. The molecular weight excluding hydrogens is 463 g/mol. The van der Waals surface area contributed by atoms with Crippen molar-refractivity contribution < 1.29 is 28.6 Å². The Morgan fingerprint density at radius 1 is 1.18 bits per heavy atom. The quantitative estimate of drug-likeness (QED) is 0.334. The van der Waals surface area contributed by atoms with Crippen molar-refractivity contribution in [1.82, 2.24) is 0 Å². The number of carbonyl (C=O) groups is 2. The van der Waals surface area contributed by atoms with Crippen LogP contribution in [0.4, 0.5) is 10.1 Å². The number of nitrogens with one attached hydrogen (secondary N) is 1. The second-order valence-corrected chi connectivity index (χ2v) is 7.34. The lowest BCUT2D eigenvalue weighted by atomic mass is 10.1. The number of anilines is 1. The van der Waals surface area contributed by atoms with Crippen molar-refractivity contribution in [3.05, 3.63) is 93.8 Å². The highest BCUT2D eigenvalue weighted by Gasteiger charge is 2.15. The van der Waals surface area contributed by atoms with Gasteiger partial charge in [-0.1, -0.05) is 35.9 Å². The van der Waals surface area contributed by atoms with E-state index in [1.807, 2.05) is 0 Å². The van der Waals surface area contributed by atoms with Gasteiger partial charge in [-0.2, -0.15) is 5.26 Å². The van der Waals surface area contributed by atoms with E-state index < -0.39 is 17.7 Å². The summed E-state index contributed by atoms with van der Waals surface area (Å²) in [5.74, 6) is -1.95. The molecule has 3 aromatic rings. The third-order valence-corrected chi connectivity index (χ3v) is 4.91. The van der Waals surface area contributed by atoms with Gasteiger partial charge in [0.2, 0.25) is 0 Å². The normalized spacial score (nSPS) is 10.8. The summed E-state index contributed by atoms with van der Waals surface area (Å²) in [5.41, 5.74) is 0.935. The SMILES string of the molecule is COc1cc(/C=C(/C#N)C(=O)Nc2ccccc2F)cc(Cl)c1OCc1ccc(C(=O)O)cc1. The minimum absolute atomic E-state index is 0.0515. The Kier molecular flexibility index (Phi) is 7.85. The van der Waals surface area contributed by atoms with Crippen molar-refractivity contribution in [1.29, 1.82) is 5.26 Å². The molecule has 0 fully saturated rings. The van der Waals surface area contributed by atoms with Gasteiger partial charge in [0.05, 0.1) is 23.4 Å². The number of carbonyl (C=O) groups excluding carboxylic acids is 1. The van der Waals surface area contributed by atoms with E-state index in [-0.39, 0.29) is 40.0 Å². The van der Waals surface area contributed by atoms with Crippen LogP contribution in [-0.2, 0) is 11.4 Å². The topological polar surface area (TPSA) is 109 Å². The number of para-hydroxylation sites is 1. The predicted molar refractivity (Wildman–Crippen MR) is 124 cm³/mol. The third-order valence-electron chi connectivity index (χ3n) is 4.63. The highest BCUT2D eigenvalue weighted by molar-refractivity contribution is 6.32. The van der Waals surface area contributed by atoms with E-state index in [2.05, 4.69) is 5.32 Å². The highest BCUT2D eigenvalue weighted by atomic mass is 35.5. The third kappa shape index (κ3) is 5.91. The summed E-state index contributed by atoms with van der Waals surface area (Å²) < 4.78 is 24.9. The molecular formula is C25H18ClFN2O5. The molecule has 0 aliphatic heterocycles. The zero-order valence-electron chi connectivity index (χ0n) is 17.8. The molecule has 3 rings (SSSR count). The van der Waals surface area contributed by atoms with Gasteiger partial charge in [0.25, 0.3) is 5.91 Å². The van der Waals surface area contributed by atoms with Crippen molar-refractivity contribution in [2.45, 2.75) is 6.61 Å². The zero-order valence-corrected chi connectivity index (χ0v) is 18.6. The number of carboxylic acid groups (broad SMARTS) is 1. The summed E-state index contributed by atoms with van der Waals surface area (Å²) in [6.07, 6.45) is 1.29. The van der Waals surface area contributed by atoms with E-state index >= 15 is 0 Å². The minimum atomic E-state index is -1.03. The molecule has 2 N–H and O–H groups in total. The van der Waals surface area contributed by atoms with Crippen LogP contribution in [0.5, 0.6) is 11.5 Å². The fourth-order valence-corrected chi connectivity index (χ4v) is 3.20. The highest BCUT2D eigenvalue weighted by Crippen LogP contribution is 2.37. The number of halogens is 2. The Balaban J connectivity index is 1.80. The Labute approximate surface area is 199 Å². The summed E-state index contributed by atoms with van der Waals surface area (Å²) in [6, 6.07) is 16.6. The van der Waals surface area contributed by atoms with E-state index in [4.69, 9.17) is 26.2 Å². The van der Waals surface area contributed by atoms with Gasteiger partial charge < -0.3 is 19.9 Å². The molecule has 0 saturated carbocycles. The Bertz CT molecular complexity index is 1300. The Morgan fingerprint density at radius 2 is 1.88 bits per heavy atom. The lowest BCUT2D eigenvalue weighted by molar-refractivity contribution is -0.112. The minimum Gasteiger partial charge on any atom is -0.493 e. The number of benzene rings is 3. The molecule has 0 heterocycles. The van der Waals surface area contributed by atoms with Crippen LogP contribution >= 0.6 is 11.6 Å². The van der Waals surface area contributed by atoms with Gasteiger partial charge >= 0.3 is 5.97 Å². The molecule has 0 aliphatic rings. The molecule has 0 radical (unpaired) electrons. The van der Waals surface area contributed by atoms with Crippen molar-refractivity contribution in [3.8, 4) is 17.6 Å². The molecule has 1 amide bonds. The molecule has 0 aromatic heterocycles. The number of rotatable bonds is 8. The maximum atomic E-state index is 13.8. The average Bonchev–Trinajstić information content (AvgIpc) is 2.83. The summed E-state index contributed by atoms with van der Waals surface area (Å²) in [4.78, 5) is 23.4. The van der Waals surface area contributed by atoms with Crippen LogP contribution in [0.25, 0.3) is 6.08 Å². The van der Waals surface area contributed by atoms with E-state index in [0.29, 0.717) is 11.1 Å². The number of ether oxygens (including phenoxy) is 2. The molecule has 0 aliphatic carbocycles. The van der Waals surface area contributed by atoms with Gasteiger partial charge in [-0.15, -0.1) is 0 Å². The number of hydrogen-bond acceptors (Lipinski definition) is 5. The van der Waals surface area contributed by atoms with Crippen LogP contribution in [-0.4, -0.2) is 24.1 Å². The van der Waals surface area contributed by atoms with Crippen LogP contribution in [0, 0.1) is 17.1 Å². The molecule has 34 heavy (non-hydrogen) atoms. The van der Waals surface area contributed by atoms with Gasteiger partial charge in [-0.05, 0) is 53.6 Å². The number of nitriles is 1. The van der Waals surface area contributed by atoms with Gasteiger partial charge in [0.15, 0.2) is 11.5 Å². The number of methoxy groups -OCH3 is 1. The predicted octanol–water partition coefficient (Wildman–Crippen LogP) is 5.31. The first-order valence-corrected chi connectivity index (χ1v) is 10.2. The van der Waals surface area contributed by atoms with Crippen LogP contribution in [0.2, 0.25) is 5.02 Å². The smallest absolute Gasteiger partial charge is 0.335 e. The first-order chi connectivity index (χ1) is 16.3. The second kappa shape index (κ2) is 11.0. The average molecular weight is 481 g/mol. The van der Waals surface area contributed by atoms with Crippen LogP contribution in [0.1, 0.15) is 21.5 Å². The molecule has 0 saturated heterocycles. The number of hydrogen-bond donors (Lipinski definition) is 2. The van der Waals surface area contributed by atoms with Gasteiger partial charge in [0.1, 0.15) is 24.1 Å². The fraction of sp³-hybridized carbons (Fsp3) is 0.0800. The van der Waals surface area contributed by atoms with Crippen LogP contribution < -0.4 is 14.8 Å². The molecule has 0 unspecified atom stereocenters. The Hall–Kier alpha value is -4.35. The maximum Gasteiger partial charge on any atom is 0.335 e. The van der Waals surface area contributed by atoms with Gasteiger partial charge in [-0.3, -0.25) is 4.79 Å². The summed E-state index contributed by atoms with van der Waals surface area (Å²) in [7, 11) is 1.41. The standard InChI is InChI=1S/C25H18ClFN2O5/c1-33-22-12-16(10-18(13-28)24(30)29-21-5-3-2-4-20(21)27)11-19(26)23(22)34-14-15-6-8-17(9-7-15)25(31)32/h2-12H,14H2,1H3,(H,29,30)(H,31,32)/b18-10-. The monoisotopic (exact) mass is 480 g/mol. The van der Waals surface area contributed by atoms with Crippen molar-refractivity contribution in [2.75, 3.05) is 12.4 Å². The molecule has 0 atom stereocenters. The van der Waals surface area contributed by atoms with Gasteiger partial charge in [0, 0.05) is 0 Å². The Morgan fingerprint density at radius 3 is 2.50 bits per heavy atom. The maximum absolute atomic E-state index is 13.8. The number of aromatic carboxylic acids is 1. The second-order valence-electron chi connectivity index (χ2n) is 6.93.